The fraction of sp³-hybridized carbons (Fsp3) is 0.188. The monoisotopic (exact) mass is 267 g/mol. The van der Waals surface area contributed by atoms with Gasteiger partial charge in [0.15, 0.2) is 0 Å². The van der Waals surface area contributed by atoms with Crippen LogP contribution in [-0.2, 0) is 6.54 Å². The first-order valence-electron chi connectivity index (χ1n) is 6.58. The molecule has 0 saturated heterocycles. The van der Waals surface area contributed by atoms with Crippen molar-refractivity contribution in [1.29, 1.82) is 0 Å². The van der Waals surface area contributed by atoms with Gasteiger partial charge in [-0.25, -0.2) is 4.98 Å². The van der Waals surface area contributed by atoms with Crippen molar-refractivity contribution < 1.29 is 4.74 Å². The number of aryl methyl sites for hydroxylation is 1. The zero-order valence-corrected chi connectivity index (χ0v) is 11.6. The maximum atomic E-state index is 5.34. The predicted molar refractivity (Wildman–Crippen MR) is 81.2 cm³/mol. The molecule has 0 radical (unpaired) electrons. The minimum Gasteiger partial charge on any atom is -0.496 e. The first-order chi connectivity index (χ1) is 9.76. The summed E-state index contributed by atoms with van der Waals surface area (Å²) in [6.45, 7) is 2.74. The normalized spacial score (nSPS) is 10.7. The third-order valence-electron chi connectivity index (χ3n) is 3.28. The number of imidazole rings is 1. The molecule has 0 bridgehead atoms. The van der Waals surface area contributed by atoms with Crippen molar-refractivity contribution in [2.75, 3.05) is 12.4 Å². The summed E-state index contributed by atoms with van der Waals surface area (Å²) < 4.78 is 5.34. The van der Waals surface area contributed by atoms with Crippen LogP contribution < -0.4 is 10.1 Å². The van der Waals surface area contributed by atoms with Crippen molar-refractivity contribution in [3.05, 3.63) is 53.6 Å². The molecule has 0 spiro atoms. The van der Waals surface area contributed by atoms with Crippen molar-refractivity contribution in [2.24, 2.45) is 0 Å². The Hall–Kier alpha value is -2.49. The molecular weight excluding hydrogens is 250 g/mol. The van der Waals surface area contributed by atoms with Gasteiger partial charge in [-0.3, -0.25) is 0 Å². The summed E-state index contributed by atoms with van der Waals surface area (Å²) in [5.74, 6) is 1.66. The van der Waals surface area contributed by atoms with Crippen molar-refractivity contribution >= 4 is 17.0 Å². The Balaban J connectivity index is 1.79. The molecule has 1 aromatic heterocycles. The highest BCUT2D eigenvalue weighted by molar-refractivity contribution is 5.78. The first-order valence-corrected chi connectivity index (χ1v) is 6.58. The van der Waals surface area contributed by atoms with Crippen LogP contribution in [-0.4, -0.2) is 17.1 Å². The summed E-state index contributed by atoms with van der Waals surface area (Å²) in [5.41, 5.74) is 4.34. The highest BCUT2D eigenvalue weighted by Crippen LogP contribution is 2.20. The average Bonchev–Trinajstić information content (AvgIpc) is 2.87. The van der Waals surface area contributed by atoms with Gasteiger partial charge < -0.3 is 15.0 Å². The Morgan fingerprint density at radius 2 is 2.05 bits per heavy atom. The van der Waals surface area contributed by atoms with Gasteiger partial charge in [0, 0.05) is 12.1 Å². The lowest BCUT2D eigenvalue weighted by molar-refractivity contribution is 0.410. The summed E-state index contributed by atoms with van der Waals surface area (Å²) in [6, 6.07) is 14.1. The minimum atomic E-state index is 0.669. The van der Waals surface area contributed by atoms with E-state index in [4.69, 9.17) is 4.74 Å². The molecule has 0 fully saturated rings. The van der Waals surface area contributed by atoms with Crippen molar-refractivity contribution in [2.45, 2.75) is 13.5 Å². The van der Waals surface area contributed by atoms with Gasteiger partial charge in [0.1, 0.15) is 5.75 Å². The van der Waals surface area contributed by atoms with Crippen LogP contribution in [0.3, 0.4) is 0 Å². The molecule has 20 heavy (non-hydrogen) atoms. The van der Waals surface area contributed by atoms with E-state index >= 15 is 0 Å². The Morgan fingerprint density at radius 1 is 1.20 bits per heavy atom. The molecule has 0 unspecified atom stereocenters. The lowest BCUT2D eigenvalue weighted by Crippen LogP contribution is -2.02. The molecule has 102 valence electrons. The zero-order valence-electron chi connectivity index (χ0n) is 11.6. The van der Waals surface area contributed by atoms with Gasteiger partial charge in [-0.1, -0.05) is 24.3 Å². The number of methoxy groups -OCH3 is 1. The number of nitrogens with one attached hydrogen (secondary N) is 2. The first kappa shape index (κ1) is 12.5. The molecule has 4 nitrogen and oxygen atoms in total. The van der Waals surface area contributed by atoms with Crippen LogP contribution in [0.2, 0.25) is 0 Å². The quantitative estimate of drug-likeness (QED) is 0.760. The van der Waals surface area contributed by atoms with Crippen molar-refractivity contribution in [3.8, 4) is 5.75 Å². The van der Waals surface area contributed by atoms with E-state index in [1.54, 1.807) is 7.11 Å². The van der Waals surface area contributed by atoms with E-state index in [2.05, 4.69) is 34.3 Å². The van der Waals surface area contributed by atoms with Crippen LogP contribution >= 0.6 is 0 Å². The zero-order chi connectivity index (χ0) is 13.9. The molecule has 0 atom stereocenters. The largest absolute Gasteiger partial charge is 0.496 e. The fourth-order valence-electron chi connectivity index (χ4n) is 2.24. The number of aromatic amines is 1. The molecule has 0 aliphatic heterocycles. The van der Waals surface area contributed by atoms with Crippen LogP contribution in [0.4, 0.5) is 5.95 Å². The topological polar surface area (TPSA) is 49.9 Å². The standard InChI is InChI=1S/C16H17N3O/c1-11-7-8-13-14(9-11)19-16(18-13)17-10-12-5-3-4-6-15(12)20-2/h3-9H,10H2,1-2H3,(H2,17,18,19). The van der Waals surface area contributed by atoms with Crippen molar-refractivity contribution in [1.82, 2.24) is 9.97 Å². The number of aromatic nitrogens is 2. The Bertz CT molecular complexity index is 733. The number of nitrogens with zero attached hydrogens (tertiary/aromatic N) is 1. The second-order valence-electron chi connectivity index (χ2n) is 4.77. The number of anilines is 1. The molecule has 2 N–H and O–H groups in total. The number of benzene rings is 2. The second-order valence-corrected chi connectivity index (χ2v) is 4.77. The van der Waals surface area contributed by atoms with Gasteiger partial charge in [0.2, 0.25) is 5.95 Å². The fourth-order valence-corrected chi connectivity index (χ4v) is 2.24. The van der Waals surface area contributed by atoms with Crippen LogP contribution in [0.5, 0.6) is 5.75 Å². The van der Waals surface area contributed by atoms with E-state index in [0.29, 0.717) is 6.54 Å². The van der Waals surface area contributed by atoms with E-state index < -0.39 is 0 Å². The lowest BCUT2D eigenvalue weighted by Gasteiger charge is -2.08. The molecule has 4 heteroatoms. The summed E-state index contributed by atoms with van der Waals surface area (Å²) in [7, 11) is 1.68. The van der Waals surface area contributed by atoms with E-state index in [0.717, 1.165) is 28.3 Å². The maximum absolute atomic E-state index is 5.34. The summed E-state index contributed by atoms with van der Waals surface area (Å²) in [6.07, 6.45) is 0. The van der Waals surface area contributed by atoms with Crippen LogP contribution in [0.15, 0.2) is 42.5 Å². The maximum Gasteiger partial charge on any atom is 0.201 e. The number of fused-ring (bicyclic) bond motifs is 1. The van der Waals surface area contributed by atoms with E-state index in [9.17, 15) is 0 Å². The number of hydrogen-bond donors (Lipinski definition) is 2. The summed E-state index contributed by atoms with van der Waals surface area (Å²) in [4.78, 5) is 7.80. The highest BCUT2D eigenvalue weighted by atomic mass is 16.5. The molecule has 2 aromatic carbocycles. The number of H-pyrrole nitrogens is 1. The van der Waals surface area contributed by atoms with Crippen LogP contribution in [0.1, 0.15) is 11.1 Å². The Morgan fingerprint density at radius 3 is 2.90 bits per heavy atom. The molecular formula is C16H17N3O. The molecule has 0 aliphatic rings. The van der Waals surface area contributed by atoms with Gasteiger partial charge in [-0.15, -0.1) is 0 Å². The van der Waals surface area contributed by atoms with Crippen LogP contribution in [0, 0.1) is 6.92 Å². The van der Waals surface area contributed by atoms with Crippen molar-refractivity contribution in [3.63, 3.8) is 0 Å². The van der Waals surface area contributed by atoms with E-state index in [1.807, 2.05) is 30.3 Å². The molecule has 3 rings (SSSR count). The summed E-state index contributed by atoms with van der Waals surface area (Å²) >= 11 is 0. The van der Waals surface area contributed by atoms with E-state index in [-0.39, 0.29) is 0 Å². The predicted octanol–water partition coefficient (Wildman–Crippen LogP) is 3.49. The second kappa shape index (κ2) is 5.25. The Labute approximate surface area is 117 Å². The molecule has 0 amide bonds. The smallest absolute Gasteiger partial charge is 0.201 e. The van der Waals surface area contributed by atoms with E-state index in [1.165, 1.54) is 5.56 Å². The van der Waals surface area contributed by atoms with Gasteiger partial charge >= 0.3 is 0 Å². The molecule has 3 aromatic rings. The minimum absolute atomic E-state index is 0.669. The molecule has 0 saturated carbocycles. The van der Waals surface area contributed by atoms with Gasteiger partial charge in [0.05, 0.1) is 18.1 Å². The molecule has 1 heterocycles. The number of para-hydroxylation sites is 1. The van der Waals surface area contributed by atoms with Gasteiger partial charge in [-0.2, -0.15) is 0 Å². The number of rotatable bonds is 4. The van der Waals surface area contributed by atoms with Gasteiger partial charge in [0.25, 0.3) is 0 Å². The summed E-state index contributed by atoms with van der Waals surface area (Å²) in [5, 5.41) is 3.30. The lowest BCUT2D eigenvalue weighted by atomic mass is 10.2. The SMILES string of the molecule is COc1ccccc1CNc1nc2ccc(C)cc2[nH]1. The Kier molecular flexibility index (Phi) is 3.29. The average molecular weight is 267 g/mol. The molecule has 0 aliphatic carbocycles. The third kappa shape index (κ3) is 2.45. The van der Waals surface area contributed by atoms with Gasteiger partial charge in [-0.05, 0) is 30.7 Å². The number of hydrogen-bond acceptors (Lipinski definition) is 3. The van der Waals surface area contributed by atoms with Crippen LogP contribution in [0.25, 0.3) is 11.0 Å². The third-order valence-corrected chi connectivity index (χ3v) is 3.28. The highest BCUT2D eigenvalue weighted by Gasteiger charge is 2.05. The number of ether oxygens (including phenoxy) is 1.